The number of nitrogens with one attached hydrogen (secondary N) is 3. The lowest BCUT2D eigenvalue weighted by molar-refractivity contribution is -0.141. The third-order valence-electron chi connectivity index (χ3n) is 5.88. The summed E-state index contributed by atoms with van der Waals surface area (Å²) in [5.41, 5.74) is -1.34. The van der Waals surface area contributed by atoms with Gasteiger partial charge in [-0.3, -0.25) is 19.5 Å². The van der Waals surface area contributed by atoms with Crippen molar-refractivity contribution in [2.45, 2.75) is 26.4 Å². The molecule has 12 heteroatoms. The van der Waals surface area contributed by atoms with Gasteiger partial charge in [0.05, 0.1) is 17.2 Å². The molecule has 1 aromatic carbocycles. The Kier molecular flexibility index (Phi) is 6.22. The van der Waals surface area contributed by atoms with Crippen molar-refractivity contribution in [3.05, 3.63) is 70.1 Å². The summed E-state index contributed by atoms with van der Waals surface area (Å²) in [6, 6.07) is 6.75. The topological polar surface area (TPSA) is 111 Å². The van der Waals surface area contributed by atoms with Crippen LogP contribution < -0.4 is 5.32 Å². The van der Waals surface area contributed by atoms with Crippen LogP contribution in [0.1, 0.15) is 49.9 Å². The number of aromatic nitrogens is 3. The standard InChI is InChI=1S/C23H21F4N5O3/c1-11-9-14(3-4-15(11)24)28-21(34)13-7-8-32(10-13)22(35)17-6-5-16(29-17)19(33)18-12(2)30-31-20(18)23(25,26)27/h3-6,9,13,29H,7-8,10H2,1-2H3,(H,28,34)(H,30,31)/t13-/m0/s1. The Labute approximate surface area is 196 Å². The first-order valence-corrected chi connectivity index (χ1v) is 10.7. The van der Waals surface area contributed by atoms with Crippen LogP contribution in [-0.2, 0) is 11.0 Å². The number of hydrogen-bond acceptors (Lipinski definition) is 4. The number of benzene rings is 1. The maximum atomic E-state index is 13.4. The number of amides is 2. The Morgan fingerprint density at radius 1 is 1.11 bits per heavy atom. The molecule has 2 aromatic heterocycles. The van der Waals surface area contributed by atoms with Crippen LogP contribution in [0.4, 0.5) is 23.2 Å². The largest absolute Gasteiger partial charge is 0.435 e. The molecule has 0 bridgehead atoms. The SMILES string of the molecule is Cc1cc(NC(=O)[C@H]2CCN(C(=O)c3ccc(C(=O)c4c(C(F)(F)F)n[nH]c4C)[nH]3)C2)ccc1F. The van der Waals surface area contributed by atoms with Gasteiger partial charge in [0.25, 0.3) is 5.91 Å². The number of carbonyl (C=O) groups is 3. The molecule has 1 saturated heterocycles. The highest BCUT2D eigenvalue weighted by Crippen LogP contribution is 2.32. The van der Waals surface area contributed by atoms with Crippen LogP contribution in [-0.4, -0.2) is 50.8 Å². The van der Waals surface area contributed by atoms with Crippen molar-refractivity contribution in [2.75, 3.05) is 18.4 Å². The summed E-state index contributed by atoms with van der Waals surface area (Å²) in [5, 5.41) is 8.07. The normalized spacial score (nSPS) is 15.9. The van der Waals surface area contributed by atoms with Gasteiger partial charge < -0.3 is 15.2 Å². The Hall–Kier alpha value is -3.96. The number of carbonyl (C=O) groups excluding carboxylic acids is 3. The summed E-state index contributed by atoms with van der Waals surface area (Å²) in [7, 11) is 0. The first kappa shape index (κ1) is 24.2. The van der Waals surface area contributed by atoms with Crippen LogP contribution in [0, 0.1) is 25.6 Å². The molecule has 1 aliphatic rings. The minimum Gasteiger partial charge on any atom is -0.348 e. The van der Waals surface area contributed by atoms with Gasteiger partial charge in [0.1, 0.15) is 11.5 Å². The lowest BCUT2D eigenvalue weighted by Gasteiger charge is -2.16. The van der Waals surface area contributed by atoms with E-state index in [0.29, 0.717) is 17.7 Å². The number of halogens is 4. The molecule has 2 amide bonds. The summed E-state index contributed by atoms with van der Waals surface area (Å²) in [5.74, 6) is -2.64. The van der Waals surface area contributed by atoms with Crippen LogP contribution >= 0.6 is 0 Å². The molecule has 0 aliphatic carbocycles. The Bertz CT molecular complexity index is 1310. The van der Waals surface area contributed by atoms with Crippen molar-refractivity contribution >= 4 is 23.3 Å². The zero-order valence-electron chi connectivity index (χ0n) is 18.7. The number of aryl methyl sites for hydroxylation is 2. The summed E-state index contributed by atoms with van der Waals surface area (Å²) in [4.78, 5) is 42.2. The van der Waals surface area contributed by atoms with Crippen molar-refractivity contribution < 1.29 is 31.9 Å². The van der Waals surface area contributed by atoms with Gasteiger partial charge in [0, 0.05) is 24.5 Å². The summed E-state index contributed by atoms with van der Waals surface area (Å²) in [6.45, 7) is 3.27. The van der Waals surface area contributed by atoms with Crippen LogP contribution in [0.2, 0.25) is 0 Å². The highest BCUT2D eigenvalue weighted by Gasteiger charge is 2.40. The number of alkyl halides is 3. The van der Waals surface area contributed by atoms with Gasteiger partial charge in [-0.05, 0) is 56.2 Å². The van der Waals surface area contributed by atoms with Gasteiger partial charge in [0.15, 0.2) is 5.69 Å². The predicted octanol–water partition coefficient (Wildman–Crippen LogP) is 3.84. The number of rotatable bonds is 5. The van der Waals surface area contributed by atoms with E-state index in [0.717, 1.165) is 0 Å². The second-order valence-corrected chi connectivity index (χ2v) is 8.37. The number of likely N-dealkylation sites (tertiary alicyclic amines) is 1. The minimum absolute atomic E-state index is 0.0123. The molecule has 1 fully saturated rings. The second-order valence-electron chi connectivity index (χ2n) is 8.37. The summed E-state index contributed by atoms with van der Waals surface area (Å²) >= 11 is 0. The van der Waals surface area contributed by atoms with E-state index in [1.165, 1.54) is 42.2 Å². The fourth-order valence-electron chi connectivity index (χ4n) is 3.99. The predicted molar refractivity (Wildman–Crippen MR) is 116 cm³/mol. The number of aromatic amines is 2. The summed E-state index contributed by atoms with van der Waals surface area (Å²) in [6.07, 6.45) is -4.42. The van der Waals surface area contributed by atoms with E-state index >= 15 is 0 Å². The van der Waals surface area contributed by atoms with Crippen molar-refractivity contribution in [3.8, 4) is 0 Å². The molecular weight excluding hydrogens is 470 g/mol. The Morgan fingerprint density at radius 3 is 2.51 bits per heavy atom. The van der Waals surface area contributed by atoms with Crippen LogP contribution in [0.25, 0.3) is 0 Å². The molecule has 1 atom stereocenters. The molecule has 3 heterocycles. The van der Waals surface area contributed by atoms with Crippen molar-refractivity contribution in [3.63, 3.8) is 0 Å². The first-order valence-electron chi connectivity index (χ1n) is 10.7. The van der Waals surface area contributed by atoms with Gasteiger partial charge in [-0.2, -0.15) is 18.3 Å². The number of anilines is 1. The molecule has 4 rings (SSSR count). The zero-order chi connectivity index (χ0) is 25.5. The average molecular weight is 491 g/mol. The lowest BCUT2D eigenvalue weighted by atomic mass is 10.1. The Morgan fingerprint density at radius 2 is 1.83 bits per heavy atom. The monoisotopic (exact) mass is 491 g/mol. The van der Waals surface area contributed by atoms with E-state index in [4.69, 9.17) is 0 Å². The van der Waals surface area contributed by atoms with Gasteiger partial charge in [0.2, 0.25) is 11.7 Å². The molecule has 3 N–H and O–H groups in total. The van der Waals surface area contributed by atoms with Gasteiger partial charge >= 0.3 is 6.18 Å². The van der Waals surface area contributed by atoms with Gasteiger partial charge in [-0.15, -0.1) is 0 Å². The smallest absolute Gasteiger partial charge is 0.348 e. The third-order valence-corrected chi connectivity index (χ3v) is 5.88. The average Bonchev–Trinajstić information content (AvgIpc) is 3.54. The fourth-order valence-corrected chi connectivity index (χ4v) is 3.99. The van der Waals surface area contributed by atoms with Crippen LogP contribution in [0.5, 0.6) is 0 Å². The van der Waals surface area contributed by atoms with E-state index < -0.39 is 35.0 Å². The zero-order valence-corrected chi connectivity index (χ0v) is 18.7. The van der Waals surface area contributed by atoms with Gasteiger partial charge in [-0.1, -0.05) is 0 Å². The second kappa shape index (κ2) is 9.01. The molecule has 0 unspecified atom stereocenters. The number of H-pyrrole nitrogens is 2. The van der Waals surface area contributed by atoms with E-state index in [2.05, 4.69) is 20.5 Å². The molecule has 184 valence electrons. The molecule has 0 spiro atoms. The van der Waals surface area contributed by atoms with Crippen molar-refractivity contribution in [2.24, 2.45) is 5.92 Å². The molecule has 0 saturated carbocycles. The van der Waals surface area contributed by atoms with Crippen molar-refractivity contribution in [1.29, 1.82) is 0 Å². The van der Waals surface area contributed by atoms with E-state index in [1.54, 1.807) is 6.92 Å². The quantitative estimate of drug-likeness (QED) is 0.372. The third kappa shape index (κ3) is 4.81. The molecule has 1 aliphatic heterocycles. The molecular formula is C23H21F4N5O3. The molecule has 35 heavy (non-hydrogen) atoms. The van der Waals surface area contributed by atoms with Crippen LogP contribution in [0.15, 0.2) is 30.3 Å². The van der Waals surface area contributed by atoms with E-state index in [9.17, 15) is 31.9 Å². The maximum absolute atomic E-state index is 13.4. The maximum Gasteiger partial charge on any atom is 0.435 e. The van der Waals surface area contributed by atoms with Gasteiger partial charge in [-0.25, -0.2) is 4.39 Å². The summed E-state index contributed by atoms with van der Waals surface area (Å²) < 4.78 is 53.0. The first-order chi connectivity index (χ1) is 16.5. The fraction of sp³-hybridized carbons (Fsp3) is 0.304. The number of hydrogen-bond donors (Lipinski definition) is 3. The minimum atomic E-state index is -4.82. The number of ketones is 1. The highest BCUT2D eigenvalue weighted by atomic mass is 19.4. The molecule has 3 aromatic rings. The van der Waals surface area contributed by atoms with E-state index in [1.807, 2.05) is 0 Å². The molecule has 0 radical (unpaired) electrons. The number of nitrogens with zero attached hydrogens (tertiary/aromatic N) is 2. The highest BCUT2D eigenvalue weighted by molar-refractivity contribution is 6.10. The molecule has 8 nitrogen and oxygen atoms in total. The Balaban J connectivity index is 1.43. The lowest BCUT2D eigenvalue weighted by Crippen LogP contribution is -2.31. The van der Waals surface area contributed by atoms with Crippen LogP contribution in [0.3, 0.4) is 0 Å². The van der Waals surface area contributed by atoms with Crippen molar-refractivity contribution in [1.82, 2.24) is 20.1 Å². The van der Waals surface area contributed by atoms with E-state index in [-0.39, 0.29) is 41.9 Å².